The molecule has 0 saturated heterocycles. The van der Waals surface area contributed by atoms with Crippen molar-refractivity contribution in [1.82, 2.24) is 5.32 Å². The van der Waals surface area contributed by atoms with Crippen LogP contribution in [0.15, 0.2) is 0 Å². The average Bonchev–Trinajstić information content (AvgIpc) is 2.45. The maximum Gasteiger partial charge on any atom is 0.404 e. The molecule has 2 N–H and O–H groups in total. The van der Waals surface area contributed by atoms with Crippen LogP contribution in [0.4, 0.5) is 4.79 Å². The molecule has 0 aromatic carbocycles. The number of carbonyl (C=O) groups is 2. The van der Waals surface area contributed by atoms with E-state index in [1.54, 1.807) is 0 Å². The fraction of sp³-hybridized carbons (Fsp3) is 0.875. The summed E-state index contributed by atoms with van der Waals surface area (Å²) in [6.07, 6.45) is 10.3. The van der Waals surface area contributed by atoms with Crippen molar-refractivity contribution in [3.8, 4) is 0 Å². The lowest BCUT2D eigenvalue weighted by Crippen LogP contribution is -2.21. The van der Waals surface area contributed by atoms with E-state index in [1.807, 2.05) is 0 Å². The maximum absolute atomic E-state index is 11.4. The molecule has 0 radical (unpaired) electrons. The van der Waals surface area contributed by atoms with Crippen LogP contribution in [0.25, 0.3) is 0 Å². The number of rotatable bonds is 14. The zero-order valence-corrected chi connectivity index (χ0v) is 13.4. The van der Waals surface area contributed by atoms with Gasteiger partial charge in [-0.2, -0.15) is 0 Å². The van der Waals surface area contributed by atoms with E-state index < -0.39 is 6.09 Å². The summed E-state index contributed by atoms with van der Waals surface area (Å²) in [5, 5.41) is 10.7. The summed E-state index contributed by atoms with van der Waals surface area (Å²) in [4.78, 5) is 21.6. The first-order valence-corrected chi connectivity index (χ1v) is 8.29. The van der Waals surface area contributed by atoms with Crippen LogP contribution >= 0.6 is 0 Å². The standard InChI is InChI=1S/C16H31NO4/c1-2-3-4-5-6-7-11-14-21-15(18)12-9-8-10-13-17-16(19)20/h17H,2-14H2,1H3,(H,19,20). The SMILES string of the molecule is CCCCCCCCCOC(=O)CCCCCNC(=O)O. The monoisotopic (exact) mass is 301 g/mol. The lowest BCUT2D eigenvalue weighted by molar-refractivity contribution is -0.143. The van der Waals surface area contributed by atoms with Crippen molar-refractivity contribution in [2.45, 2.75) is 77.6 Å². The van der Waals surface area contributed by atoms with Gasteiger partial charge in [0.25, 0.3) is 0 Å². The normalized spacial score (nSPS) is 10.3. The summed E-state index contributed by atoms with van der Waals surface area (Å²) >= 11 is 0. The second-order valence-corrected chi connectivity index (χ2v) is 5.38. The van der Waals surface area contributed by atoms with E-state index in [1.165, 1.54) is 32.1 Å². The Balaban J connectivity index is 3.18. The van der Waals surface area contributed by atoms with Gasteiger partial charge < -0.3 is 15.2 Å². The van der Waals surface area contributed by atoms with E-state index in [9.17, 15) is 9.59 Å². The Hall–Kier alpha value is -1.26. The molecule has 0 rings (SSSR count). The molecule has 124 valence electrons. The Bertz CT molecular complexity index is 269. The molecule has 0 aromatic heterocycles. The van der Waals surface area contributed by atoms with Gasteiger partial charge in [0.15, 0.2) is 0 Å². The van der Waals surface area contributed by atoms with Crippen molar-refractivity contribution in [2.75, 3.05) is 13.2 Å². The number of nitrogens with one attached hydrogen (secondary N) is 1. The Kier molecular flexibility index (Phi) is 14.2. The molecule has 0 aromatic rings. The molecule has 0 aliphatic heterocycles. The topological polar surface area (TPSA) is 75.6 Å². The summed E-state index contributed by atoms with van der Waals surface area (Å²) in [6.45, 7) is 3.19. The summed E-state index contributed by atoms with van der Waals surface area (Å²) in [7, 11) is 0. The molecule has 0 heterocycles. The third-order valence-corrected chi connectivity index (χ3v) is 3.34. The molecule has 0 bridgehead atoms. The first kappa shape index (κ1) is 19.7. The average molecular weight is 301 g/mol. The highest BCUT2D eigenvalue weighted by molar-refractivity contribution is 5.69. The van der Waals surface area contributed by atoms with E-state index in [4.69, 9.17) is 9.84 Å². The lowest BCUT2D eigenvalue weighted by Gasteiger charge is -2.05. The van der Waals surface area contributed by atoms with Gasteiger partial charge in [0, 0.05) is 13.0 Å². The van der Waals surface area contributed by atoms with Crippen molar-refractivity contribution in [3.63, 3.8) is 0 Å². The van der Waals surface area contributed by atoms with Crippen LogP contribution in [0, 0.1) is 0 Å². The van der Waals surface area contributed by atoms with Crippen molar-refractivity contribution in [3.05, 3.63) is 0 Å². The summed E-state index contributed by atoms with van der Waals surface area (Å²) in [5.74, 6) is -0.132. The van der Waals surface area contributed by atoms with Crippen LogP contribution < -0.4 is 5.32 Å². The van der Waals surface area contributed by atoms with Gasteiger partial charge in [-0.15, -0.1) is 0 Å². The van der Waals surface area contributed by atoms with Gasteiger partial charge in [-0.05, 0) is 19.3 Å². The largest absolute Gasteiger partial charge is 0.466 e. The molecule has 0 aliphatic rings. The number of carbonyl (C=O) groups excluding carboxylic acids is 1. The molecular weight excluding hydrogens is 270 g/mol. The summed E-state index contributed by atoms with van der Waals surface area (Å²) < 4.78 is 5.17. The van der Waals surface area contributed by atoms with Gasteiger partial charge in [0.2, 0.25) is 0 Å². The zero-order valence-electron chi connectivity index (χ0n) is 13.4. The minimum atomic E-state index is -0.996. The van der Waals surface area contributed by atoms with E-state index in [2.05, 4.69) is 12.2 Å². The molecule has 0 saturated carbocycles. The summed E-state index contributed by atoms with van der Waals surface area (Å²) in [6, 6.07) is 0. The minimum Gasteiger partial charge on any atom is -0.466 e. The van der Waals surface area contributed by atoms with Gasteiger partial charge in [-0.1, -0.05) is 51.9 Å². The number of carboxylic acid groups (broad SMARTS) is 1. The lowest BCUT2D eigenvalue weighted by atomic mass is 10.1. The number of unbranched alkanes of at least 4 members (excludes halogenated alkanes) is 8. The van der Waals surface area contributed by atoms with Gasteiger partial charge in [-0.25, -0.2) is 4.79 Å². The highest BCUT2D eigenvalue weighted by Gasteiger charge is 2.02. The number of esters is 1. The first-order valence-electron chi connectivity index (χ1n) is 8.29. The fourth-order valence-electron chi connectivity index (χ4n) is 2.08. The predicted octanol–water partition coefficient (Wildman–Crippen LogP) is 4.11. The van der Waals surface area contributed by atoms with Gasteiger partial charge in [0.1, 0.15) is 0 Å². The maximum atomic E-state index is 11.4. The molecule has 21 heavy (non-hydrogen) atoms. The second-order valence-electron chi connectivity index (χ2n) is 5.38. The minimum absolute atomic E-state index is 0.132. The molecule has 5 heteroatoms. The van der Waals surface area contributed by atoms with Crippen molar-refractivity contribution < 1.29 is 19.4 Å². The zero-order chi connectivity index (χ0) is 15.8. The number of hydrogen-bond acceptors (Lipinski definition) is 3. The number of hydrogen-bond donors (Lipinski definition) is 2. The second kappa shape index (κ2) is 15.1. The Labute approximate surface area is 128 Å². The van der Waals surface area contributed by atoms with Crippen molar-refractivity contribution in [2.24, 2.45) is 0 Å². The third-order valence-electron chi connectivity index (χ3n) is 3.34. The van der Waals surface area contributed by atoms with E-state index in [0.29, 0.717) is 19.6 Å². The Morgan fingerprint density at radius 1 is 0.905 bits per heavy atom. The Morgan fingerprint density at radius 2 is 1.52 bits per heavy atom. The highest BCUT2D eigenvalue weighted by atomic mass is 16.5. The van der Waals surface area contributed by atoms with E-state index in [-0.39, 0.29) is 5.97 Å². The Morgan fingerprint density at radius 3 is 2.19 bits per heavy atom. The van der Waals surface area contributed by atoms with E-state index >= 15 is 0 Å². The van der Waals surface area contributed by atoms with Crippen LogP contribution in [0.3, 0.4) is 0 Å². The molecule has 0 unspecified atom stereocenters. The molecule has 0 atom stereocenters. The fourth-order valence-corrected chi connectivity index (χ4v) is 2.08. The van der Waals surface area contributed by atoms with Gasteiger partial charge in [-0.3, -0.25) is 4.79 Å². The van der Waals surface area contributed by atoms with Crippen LogP contribution in [-0.4, -0.2) is 30.3 Å². The van der Waals surface area contributed by atoms with Gasteiger partial charge >= 0.3 is 12.1 Å². The van der Waals surface area contributed by atoms with Gasteiger partial charge in [0.05, 0.1) is 6.61 Å². The number of ether oxygens (including phenoxy) is 1. The van der Waals surface area contributed by atoms with E-state index in [0.717, 1.165) is 32.1 Å². The molecule has 1 amide bonds. The third kappa shape index (κ3) is 16.7. The number of amides is 1. The smallest absolute Gasteiger partial charge is 0.404 e. The molecule has 0 fully saturated rings. The van der Waals surface area contributed by atoms with Crippen molar-refractivity contribution in [1.29, 1.82) is 0 Å². The van der Waals surface area contributed by atoms with Crippen LogP contribution in [-0.2, 0) is 9.53 Å². The molecule has 0 spiro atoms. The summed E-state index contributed by atoms with van der Waals surface area (Å²) in [5.41, 5.74) is 0. The van der Waals surface area contributed by atoms with Crippen LogP contribution in [0.2, 0.25) is 0 Å². The predicted molar refractivity (Wildman–Crippen MR) is 83.4 cm³/mol. The highest BCUT2D eigenvalue weighted by Crippen LogP contribution is 2.07. The van der Waals surface area contributed by atoms with Crippen LogP contribution in [0.1, 0.15) is 77.6 Å². The molecular formula is C16H31NO4. The molecule has 0 aliphatic carbocycles. The quantitative estimate of drug-likeness (QED) is 0.374. The van der Waals surface area contributed by atoms with Crippen LogP contribution in [0.5, 0.6) is 0 Å². The first-order chi connectivity index (χ1) is 10.2. The van der Waals surface area contributed by atoms with Crippen molar-refractivity contribution >= 4 is 12.1 Å². The molecule has 5 nitrogen and oxygen atoms in total.